The molecule has 0 aliphatic carbocycles. The lowest BCUT2D eigenvalue weighted by molar-refractivity contribution is -0.136. The van der Waals surface area contributed by atoms with E-state index in [-0.39, 0.29) is 12.3 Å². The van der Waals surface area contributed by atoms with Crippen LogP contribution in [-0.2, 0) is 21.4 Å². The molecule has 0 amide bonds. The molecule has 0 bridgehead atoms. The minimum atomic E-state index is -3.97. The number of carboxylic acid groups (broad SMARTS) is 1. The summed E-state index contributed by atoms with van der Waals surface area (Å²) in [6.45, 7) is 0.866. The van der Waals surface area contributed by atoms with E-state index in [1.807, 2.05) is 0 Å². The SMILES string of the molecule is CC(C(=O)O)S(=O)(=O)Nc1cccc(CO)c1. The summed E-state index contributed by atoms with van der Waals surface area (Å²) in [4.78, 5) is 10.6. The second kappa shape index (κ2) is 5.15. The van der Waals surface area contributed by atoms with Gasteiger partial charge in [-0.25, -0.2) is 8.42 Å². The number of hydrogen-bond acceptors (Lipinski definition) is 4. The lowest BCUT2D eigenvalue weighted by Gasteiger charge is -2.11. The second-order valence-corrected chi connectivity index (χ2v) is 5.49. The quantitative estimate of drug-likeness (QED) is 0.709. The van der Waals surface area contributed by atoms with E-state index in [2.05, 4.69) is 4.72 Å². The molecule has 0 saturated carbocycles. The molecule has 94 valence electrons. The minimum Gasteiger partial charge on any atom is -0.480 e. The Kier molecular flexibility index (Phi) is 4.08. The topological polar surface area (TPSA) is 104 Å². The van der Waals surface area contributed by atoms with Gasteiger partial charge in [-0.3, -0.25) is 9.52 Å². The molecule has 0 saturated heterocycles. The van der Waals surface area contributed by atoms with Crippen molar-refractivity contribution in [2.45, 2.75) is 18.8 Å². The van der Waals surface area contributed by atoms with Crippen LogP contribution in [0.15, 0.2) is 24.3 Å². The number of carbonyl (C=O) groups is 1. The molecule has 0 radical (unpaired) electrons. The van der Waals surface area contributed by atoms with E-state index in [1.165, 1.54) is 12.1 Å². The van der Waals surface area contributed by atoms with Crippen molar-refractivity contribution in [2.24, 2.45) is 0 Å². The van der Waals surface area contributed by atoms with Crippen LogP contribution in [0.5, 0.6) is 0 Å². The number of anilines is 1. The van der Waals surface area contributed by atoms with Crippen LogP contribution in [0.4, 0.5) is 5.69 Å². The predicted molar refractivity (Wildman–Crippen MR) is 62.0 cm³/mol. The number of nitrogens with one attached hydrogen (secondary N) is 1. The molecule has 7 heteroatoms. The van der Waals surface area contributed by atoms with Crippen molar-refractivity contribution in [1.82, 2.24) is 0 Å². The lowest BCUT2D eigenvalue weighted by Crippen LogP contribution is -2.32. The van der Waals surface area contributed by atoms with Crippen LogP contribution in [0.2, 0.25) is 0 Å². The Morgan fingerprint density at radius 1 is 1.47 bits per heavy atom. The summed E-state index contributed by atoms with van der Waals surface area (Å²) in [6, 6.07) is 6.10. The maximum atomic E-state index is 11.6. The highest BCUT2D eigenvalue weighted by Gasteiger charge is 2.27. The van der Waals surface area contributed by atoms with Gasteiger partial charge in [-0.05, 0) is 24.6 Å². The number of aliphatic hydroxyl groups is 1. The van der Waals surface area contributed by atoms with Crippen molar-refractivity contribution >= 4 is 21.7 Å². The van der Waals surface area contributed by atoms with Crippen LogP contribution in [0.1, 0.15) is 12.5 Å². The van der Waals surface area contributed by atoms with Crippen LogP contribution in [0, 0.1) is 0 Å². The smallest absolute Gasteiger partial charge is 0.323 e. The van der Waals surface area contributed by atoms with E-state index in [4.69, 9.17) is 10.2 Å². The van der Waals surface area contributed by atoms with Gasteiger partial charge in [-0.1, -0.05) is 12.1 Å². The van der Waals surface area contributed by atoms with Crippen LogP contribution in [0.3, 0.4) is 0 Å². The molecule has 0 aliphatic heterocycles. The Morgan fingerprint density at radius 3 is 2.65 bits per heavy atom. The highest BCUT2D eigenvalue weighted by molar-refractivity contribution is 7.94. The fraction of sp³-hybridized carbons (Fsp3) is 0.300. The van der Waals surface area contributed by atoms with Crippen molar-refractivity contribution in [3.05, 3.63) is 29.8 Å². The van der Waals surface area contributed by atoms with Gasteiger partial charge >= 0.3 is 5.97 Å². The molecule has 0 fully saturated rings. The zero-order valence-electron chi connectivity index (χ0n) is 9.12. The average molecular weight is 259 g/mol. The third-order valence-electron chi connectivity index (χ3n) is 2.18. The third kappa shape index (κ3) is 3.43. The summed E-state index contributed by atoms with van der Waals surface area (Å²) in [5.41, 5.74) is 0.762. The molecule has 0 aromatic heterocycles. The molecule has 1 aromatic rings. The summed E-state index contributed by atoms with van der Waals surface area (Å²) >= 11 is 0. The van der Waals surface area contributed by atoms with E-state index in [0.717, 1.165) is 6.92 Å². The third-order valence-corrected chi connectivity index (χ3v) is 3.84. The summed E-state index contributed by atoms with van der Waals surface area (Å²) in [5.74, 6) is -1.42. The zero-order valence-corrected chi connectivity index (χ0v) is 9.94. The fourth-order valence-corrected chi connectivity index (χ4v) is 2.02. The summed E-state index contributed by atoms with van der Waals surface area (Å²) in [5, 5.41) is 16.0. The van der Waals surface area contributed by atoms with Gasteiger partial charge in [0.05, 0.1) is 6.61 Å². The maximum Gasteiger partial charge on any atom is 0.323 e. The number of rotatable bonds is 5. The summed E-state index contributed by atoms with van der Waals surface area (Å²) in [6.07, 6.45) is 0. The van der Waals surface area contributed by atoms with E-state index in [1.54, 1.807) is 12.1 Å². The van der Waals surface area contributed by atoms with Crippen LogP contribution in [0.25, 0.3) is 0 Å². The van der Waals surface area contributed by atoms with Crippen LogP contribution in [-0.4, -0.2) is 29.9 Å². The fourth-order valence-electron chi connectivity index (χ4n) is 1.12. The molecule has 1 aromatic carbocycles. The largest absolute Gasteiger partial charge is 0.480 e. The molecular weight excluding hydrogens is 246 g/mol. The number of sulfonamides is 1. The Morgan fingerprint density at radius 2 is 2.12 bits per heavy atom. The predicted octanol–water partition coefficient (Wildman–Crippen LogP) is 0.394. The molecule has 0 spiro atoms. The Balaban J connectivity index is 2.94. The van der Waals surface area contributed by atoms with Crippen molar-refractivity contribution in [1.29, 1.82) is 0 Å². The van der Waals surface area contributed by atoms with Gasteiger partial charge in [-0.15, -0.1) is 0 Å². The van der Waals surface area contributed by atoms with E-state index in [0.29, 0.717) is 5.56 Å². The highest BCUT2D eigenvalue weighted by Crippen LogP contribution is 2.14. The molecule has 0 aliphatic rings. The minimum absolute atomic E-state index is 0.218. The first-order valence-electron chi connectivity index (χ1n) is 4.81. The van der Waals surface area contributed by atoms with Gasteiger partial charge in [0.2, 0.25) is 10.0 Å². The van der Waals surface area contributed by atoms with Gasteiger partial charge in [0.25, 0.3) is 0 Å². The first-order chi connectivity index (χ1) is 7.86. The first kappa shape index (κ1) is 13.5. The number of aliphatic hydroxyl groups excluding tert-OH is 1. The highest BCUT2D eigenvalue weighted by atomic mass is 32.2. The number of benzene rings is 1. The van der Waals surface area contributed by atoms with Crippen molar-refractivity contribution in [3.8, 4) is 0 Å². The van der Waals surface area contributed by atoms with E-state index >= 15 is 0 Å². The van der Waals surface area contributed by atoms with Gasteiger partial charge in [0.15, 0.2) is 5.25 Å². The van der Waals surface area contributed by atoms with E-state index in [9.17, 15) is 13.2 Å². The maximum absolute atomic E-state index is 11.6. The molecule has 1 rings (SSSR count). The molecule has 0 heterocycles. The van der Waals surface area contributed by atoms with E-state index < -0.39 is 21.2 Å². The zero-order chi connectivity index (χ0) is 13.1. The van der Waals surface area contributed by atoms with Gasteiger partial charge in [0, 0.05) is 5.69 Å². The Labute approximate surface area is 99.0 Å². The van der Waals surface area contributed by atoms with Gasteiger partial charge in [-0.2, -0.15) is 0 Å². The van der Waals surface area contributed by atoms with Crippen LogP contribution < -0.4 is 4.72 Å². The van der Waals surface area contributed by atoms with Gasteiger partial charge in [0.1, 0.15) is 0 Å². The lowest BCUT2D eigenvalue weighted by atomic mass is 10.2. The average Bonchev–Trinajstić information content (AvgIpc) is 2.27. The first-order valence-corrected chi connectivity index (χ1v) is 6.35. The van der Waals surface area contributed by atoms with Crippen molar-refractivity contribution in [3.63, 3.8) is 0 Å². The number of aliphatic carboxylic acids is 1. The summed E-state index contributed by atoms with van der Waals surface area (Å²) in [7, 11) is -3.97. The van der Waals surface area contributed by atoms with Crippen molar-refractivity contribution in [2.75, 3.05) is 4.72 Å². The molecule has 1 atom stereocenters. The molecule has 6 nitrogen and oxygen atoms in total. The Bertz CT molecular complexity index is 511. The molecule has 3 N–H and O–H groups in total. The number of carboxylic acids is 1. The Hall–Kier alpha value is -1.60. The normalized spacial score (nSPS) is 13.1. The number of hydrogen-bond donors (Lipinski definition) is 3. The molecule has 17 heavy (non-hydrogen) atoms. The molecular formula is C10H13NO5S. The second-order valence-electron chi connectivity index (χ2n) is 3.49. The standard InChI is InChI=1S/C10H13NO5S/c1-7(10(13)14)17(15,16)11-9-4-2-3-8(5-9)6-12/h2-5,7,11-12H,6H2,1H3,(H,13,14). The van der Waals surface area contributed by atoms with Crippen LogP contribution >= 0.6 is 0 Å². The molecule has 1 unspecified atom stereocenters. The monoisotopic (exact) mass is 259 g/mol. The summed E-state index contributed by atoms with van der Waals surface area (Å²) < 4.78 is 25.3. The van der Waals surface area contributed by atoms with Gasteiger partial charge < -0.3 is 10.2 Å². The van der Waals surface area contributed by atoms with Crippen molar-refractivity contribution < 1.29 is 23.4 Å².